The van der Waals surface area contributed by atoms with Gasteiger partial charge in [0, 0.05) is 5.56 Å². The van der Waals surface area contributed by atoms with E-state index in [0.29, 0.717) is 13.2 Å². The molecule has 0 aromatic heterocycles. The van der Waals surface area contributed by atoms with Gasteiger partial charge in [0.1, 0.15) is 24.8 Å². The molecule has 82 valence electrons. The Bertz CT molecular complexity index is 353. The molecule has 0 spiro atoms. The Kier molecular flexibility index (Phi) is 4.08. The lowest BCUT2D eigenvalue weighted by Crippen LogP contribution is -2.13. The van der Waals surface area contributed by atoms with Crippen LogP contribution in [0.15, 0.2) is 18.2 Å². The third-order valence-electron chi connectivity index (χ3n) is 1.96. The van der Waals surface area contributed by atoms with Gasteiger partial charge in [-0.3, -0.25) is 5.41 Å². The average Bonchev–Trinajstić information content (AvgIpc) is 2.17. The Balaban J connectivity index is 2.69. The van der Waals surface area contributed by atoms with Gasteiger partial charge >= 0.3 is 0 Å². The van der Waals surface area contributed by atoms with Crippen LogP contribution in [0, 0.1) is 12.3 Å². The zero-order valence-corrected chi connectivity index (χ0v) is 8.62. The highest BCUT2D eigenvalue weighted by Gasteiger charge is 2.02. The van der Waals surface area contributed by atoms with Crippen molar-refractivity contribution in [2.24, 2.45) is 11.6 Å². The van der Waals surface area contributed by atoms with Crippen LogP contribution in [-0.4, -0.2) is 19.0 Å². The Morgan fingerprint density at radius 2 is 2.13 bits per heavy atom. The average molecular weight is 209 g/mol. The standard InChI is InChI=1S/C10H15N3O2/c1-7-6-8(14-4-5-15-13)2-3-9(7)10(11)12/h2-3,6H,4-5,13H2,1H3,(H3,11,12). The highest BCUT2D eigenvalue weighted by Crippen LogP contribution is 2.16. The van der Waals surface area contributed by atoms with Gasteiger partial charge in [0.05, 0.1) is 0 Å². The molecule has 0 radical (unpaired) electrons. The van der Waals surface area contributed by atoms with Crippen LogP contribution in [0.2, 0.25) is 0 Å². The minimum Gasteiger partial charge on any atom is -0.491 e. The summed E-state index contributed by atoms with van der Waals surface area (Å²) in [7, 11) is 0. The van der Waals surface area contributed by atoms with Gasteiger partial charge in [-0.05, 0) is 30.7 Å². The molecule has 0 aliphatic heterocycles. The van der Waals surface area contributed by atoms with Crippen molar-refractivity contribution in [3.05, 3.63) is 29.3 Å². The first kappa shape index (κ1) is 11.5. The molecule has 5 heteroatoms. The molecule has 15 heavy (non-hydrogen) atoms. The predicted octanol–water partition coefficient (Wildman–Crippen LogP) is 0.548. The van der Waals surface area contributed by atoms with E-state index in [2.05, 4.69) is 4.84 Å². The molecule has 1 aromatic carbocycles. The zero-order chi connectivity index (χ0) is 11.3. The third-order valence-corrected chi connectivity index (χ3v) is 1.96. The van der Waals surface area contributed by atoms with Crippen molar-refractivity contribution < 1.29 is 9.57 Å². The number of rotatable bonds is 5. The lowest BCUT2D eigenvalue weighted by molar-refractivity contribution is 0.102. The number of amidine groups is 1. The molecule has 0 heterocycles. The Morgan fingerprint density at radius 1 is 1.40 bits per heavy atom. The second-order valence-electron chi connectivity index (χ2n) is 3.11. The van der Waals surface area contributed by atoms with Gasteiger partial charge in [0.2, 0.25) is 0 Å². The zero-order valence-electron chi connectivity index (χ0n) is 8.62. The van der Waals surface area contributed by atoms with Gasteiger partial charge in [0.25, 0.3) is 0 Å². The Hall–Kier alpha value is -1.59. The Morgan fingerprint density at radius 3 is 2.67 bits per heavy atom. The van der Waals surface area contributed by atoms with Gasteiger partial charge in [-0.15, -0.1) is 0 Å². The summed E-state index contributed by atoms with van der Waals surface area (Å²) < 4.78 is 5.35. The maximum Gasteiger partial charge on any atom is 0.123 e. The maximum atomic E-state index is 7.32. The number of nitrogen functional groups attached to an aromatic ring is 1. The molecule has 0 saturated carbocycles. The quantitative estimate of drug-likeness (QED) is 0.285. The molecule has 0 bridgehead atoms. The minimum absolute atomic E-state index is 0.0596. The Labute approximate surface area is 88.4 Å². The normalized spacial score (nSPS) is 10.0. The minimum atomic E-state index is 0.0596. The van der Waals surface area contributed by atoms with Gasteiger partial charge in [-0.1, -0.05) is 0 Å². The third kappa shape index (κ3) is 3.23. The summed E-state index contributed by atoms with van der Waals surface area (Å²) in [6.07, 6.45) is 0. The number of aryl methyl sites for hydroxylation is 1. The van der Waals surface area contributed by atoms with Crippen molar-refractivity contribution in [2.45, 2.75) is 6.92 Å². The molecule has 1 aromatic rings. The molecule has 0 saturated heterocycles. The van der Waals surface area contributed by atoms with Crippen molar-refractivity contribution in [1.82, 2.24) is 0 Å². The molecule has 5 N–H and O–H groups in total. The summed E-state index contributed by atoms with van der Waals surface area (Å²) >= 11 is 0. The van der Waals surface area contributed by atoms with Crippen LogP contribution in [0.25, 0.3) is 0 Å². The fraction of sp³-hybridized carbons (Fsp3) is 0.300. The molecule has 1 rings (SSSR count). The van der Waals surface area contributed by atoms with Crippen LogP contribution in [-0.2, 0) is 4.84 Å². The van der Waals surface area contributed by atoms with Crippen molar-refractivity contribution >= 4 is 5.84 Å². The van der Waals surface area contributed by atoms with Gasteiger partial charge < -0.3 is 15.3 Å². The van der Waals surface area contributed by atoms with E-state index in [1.54, 1.807) is 12.1 Å². The van der Waals surface area contributed by atoms with Crippen LogP contribution in [0.4, 0.5) is 0 Å². The molecular formula is C10H15N3O2. The molecule has 0 amide bonds. The van der Waals surface area contributed by atoms with Crippen molar-refractivity contribution in [1.29, 1.82) is 5.41 Å². The second kappa shape index (κ2) is 5.33. The number of ether oxygens (including phenoxy) is 1. The molecule has 0 fully saturated rings. The first-order chi connectivity index (χ1) is 7.15. The smallest absolute Gasteiger partial charge is 0.123 e. The van der Waals surface area contributed by atoms with Crippen LogP contribution in [0.3, 0.4) is 0 Å². The SMILES string of the molecule is Cc1cc(OCCON)ccc1C(=N)N. The molecule has 0 atom stereocenters. The highest BCUT2D eigenvalue weighted by molar-refractivity contribution is 5.96. The van der Waals surface area contributed by atoms with E-state index in [9.17, 15) is 0 Å². The van der Waals surface area contributed by atoms with E-state index in [1.807, 2.05) is 13.0 Å². The number of nitrogens with two attached hydrogens (primary N) is 2. The summed E-state index contributed by atoms with van der Waals surface area (Å²) in [6, 6.07) is 5.35. The molecule has 5 nitrogen and oxygen atoms in total. The summed E-state index contributed by atoms with van der Waals surface area (Å²) in [4.78, 5) is 4.38. The van der Waals surface area contributed by atoms with Crippen molar-refractivity contribution in [3.8, 4) is 5.75 Å². The van der Waals surface area contributed by atoms with E-state index in [0.717, 1.165) is 16.9 Å². The van der Waals surface area contributed by atoms with E-state index in [1.165, 1.54) is 0 Å². The lowest BCUT2D eigenvalue weighted by Gasteiger charge is -2.08. The van der Waals surface area contributed by atoms with E-state index in [-0.39, 0.29) is 5.84 Å². The fourth-order valence-corrected chi connectivity index (χ4v) is 1.24. The maximum absolute atomic E-state index is 7.32. The van der Waals surface area contributed by atoms with Crippen molar-refractivity contribution in [2.75, 3.05) is 13.2 Å². The summed E-state index contributed by atoms with van der Waals surface area (Å²) in [5.41, 5.74) is 7.02. The largest absolute Gasteiger partial charge is 0.491 e. The summed E-state index contributed by atoms with van der Waals surface area (Å²) in [5, 5.41) is 7.32. The van der Waals surface area contributed by atoms with E-state index < -0.39 is 0 Å². The monoisotopic (exact) mass is 209 g/mol. The van der Waals surface area contributed by atoms with Crippen LogP contribution in [0.1, 0.15) is 11.1 Å². The first-order valence-electron chi connectivity index (χ1n) is 4.54. The molecule has 0 aliphatic carbocycles. The second-order valence-corrected chi connectivity index (χ2v) is 3.11. The topological polar surface area (TPSA) is 94.4 Å². The molecule has 0 unspecified atom stereocenters. The molecule has 0 aliphatic rings. The lowest BCUT2D eigenvalue weighted by atomic mass is 10.1. The highest BCUT2D eigenvalue weighted by atomic mass is 16.6. The molecular weight excluding hydrogens is 194 g/mol. The van der Waals surface area contributed by atoms with E-state index >= 15 is 0 Å². The van der Waals surface area contributed by atoms with Crippen LogP contribution in [0.5, 0.6) is 5.75 Å². The summed E-state index contributed by atoms with van der Waals surface area (Å²) in [6.45, 7) is 2.62. The van der Waals surface area contributed by atoms with Gasteiger partial charge in [0.15, 0.2) is 0 Å². The van der Waals surface area contributed by atoms with Crippen molar-refractivity contribution in [3.63, 3.8) is 0 Å². The fourth-order valence-electron chi connectivity index (χ4n) is 1.24. The number of hydrogen-bond acceptors (Lipinski definition) is 4. The summed E-state index contributed by atoms with van der Waals surface area (Å²) in [5.74, 6) is 5.64. The predicted molar refractivity (Wildman–Crippen MR) is 57.8 cm³/mol. The number of benzene rings is 1. The first-order valence-corrected chi connectivity index (χ1v) is 4.54. The van der Waals surface area contributed by atoms with Gasteiger partial charge in [-0.2, -0.15) is 0 Å². The van der Waals surface area contributed by atoms with E-state index in [4.69, 9.17) is 21.8 Å². The van der Waals surface area contributed by atoms with Crippen LogP contribution < -0.4 is 16.4 Å². The van der Waals surface area contributed by atoms with Crippen LogP contribution >= 0.6 is 0 Å². The number of hydrogen-bond donors (Lipinski definition) is 3. The van der Waals surface area contributed by atoms with Gasteiger partial charge in [-0.25, -0.2) is 5.90 Å². The number of nitrogens with one attached hydrogen (secondary N) is 1.